The molecule has 13 rings (SSSR count). The van der Waals surface area contributed by atoms with Crippen molar-refractivity contribution in [2.75, 3.05) is 4.90 Å². The average molecular weight is 766 g/mol. The Kier molecular flexibility index (Phi) is 6.87. The van der Waals surface area contributed by atoms with Crippen LogP contribution in [0.25, 0.3) is 75.1 Å². The van der Waals surface area contributed by atoms with Crippen molar-refractivity contribution in [1.29, 1.82) is 0 Å². The molecular formula is C57H35NS. The predicted octanol–water partition coefficient (Wildman–Crippen LogP) is 15.8. The minimum absolute atomic E-state index is 0.440. The van der Waals surface area contributed by atoms with Crippen LogP contribution >= 0.6 is 11.3 Å². The van der Waals surface area contributed by atoms with Crippen LogP contribution in [0.3, 0.4) is 0 Å². The first-order valence-corrected chi connectivity index (χ1v) is 21.2. The van der Waals surface area contributed by atoms with Gasteiger partial charge in [0.1, 0.15) is 0 Å². The molecule has 0 unspecified atom stereocenters. The van der Waals surface area contributed by atoms with E-state index in [0.717, 1.165) is 17.1 Å². The fourth-order valence-corrected chi connectivity index (χ4v) is 11.8. The number of hydrogen-bond acceptors (Lipinski definition) is 2. The van der Waals surface area contributed by atoms with Gasteiger partial charge in [-0.05, 0) is 125 Å². The molecule has 274 valence electrons. The predicted molar refractivity (Wildman–Crippen MR) is 251 cm³/mol. The third-order valence-electron chi connectivity index (χ3n) is 13.1. The summed E-state index contributed by atoms with van der Waals surface area (Å²) in [7, 11) is 0. The van der Waals surface area contributed by atoms with E-state index >= 15 is 0 Å². The molecule has 0 saturated heterocycles. The molecule has 1 nitrogen and oxygen atoms in total. The van der Waals surface area contributed by atoms with Crippen LogP contribution in [0.2, 0.25) is 0 Å². The summed E-state index contributed by atoms with van der Waals surface area (Å²) in [6.45, 7) is 0. The zero-order valence-corrected chi connectivity index (χ0v) is 32.9. The first kappa shape index (κ1) is 32.8. The number of rotatable bonds is 4. The maximum Gasteiger partial charge on any atom is 0.0726 e. The van der Waals surface area contributed by atoms with Crippen LogP contribution in [0, 0.1) is 0 Å². The van der Waals surface area contributed by atoms with Gasteiger partial charge in [0.15, 0.2) is 0 Å². The van der Waals surface area contributed by atoms with Gasteiger partial charge in [-0.3, -0.25) is 0 Å². The molecule has 1 heterocycles. The molecular weight excluding hydrogens is 731 g/mol. The second-order valence-electron chi connectivity index (χ2n) is 15.9. The van der Waals surface area contributed by atoms with E-state index in [2.05, 4.69) is 217 Å². The summed E-state index contributed by atoms with van der Waals surface area (Å²) in [6.07, 6.45) is 0. The molecule has 0 atom stereocenters. The number of hydrogen-bond donors (Lipinski definition) is 0. The van der Waals surface area contributed by atoms with E-state index in [1.54, 1.807) is 0 Å². The van der Waals surface area contributed by atoms with Gasteiger partial charge in [0.05, 0.1) is 11.1 Å². The molecule has 10 aromatic carbocycles. The van der Waals surface area contributed by atoms with Crippen molar-refractivity contribution >= 4 is 70.8 Å². The third kappa shape index (κ3) is 4.50. The van der Waals surface area contributed by atoms with E-state index in [0.29, 0.717) is 0 Å². The van der Waals surface area contributed by atoms with Crippen molar-refractivity contribution in [3.63, 3.8) is 0 Å². The van der Waals surface area contributed by atoms with Crippen molar-refractivity contribution in [1.82, 2.24) is 0 Å². The van der Waals surface area contributed by atoms with Gasteiger partial charge >= 0.3 is 0 Å². The number of thiophene rings is 1. The van der Waals surface area contributed by atoms with Crippen LogP contribution in [0.4, 0.5) is 17.1 Å². The molecule has 0 bridgehead atoms. The number of fused-ring (bicyclic) bond motifs is 17. The fourth-order valence-electron chi connectivity index (χ4n) is 10.7. The maximum atomic E-state index is 2.52. The van der Waals surface area contributed by atoms with Gasteiger partial charge in [-0.15, -0.1) is 11.3 Å². The van der Waals surface area contributed by atoms with E-state index in [1.165, 1.54) is 97.4 Å². The maximum absolute atomic E-state index is 2.52. The Morgan fingerprint density at radius 2 is 0.780 bits per heavy atom. The standard InChI is InChI=1S/C57H35NS/c1-14-28-55-36(15-1)33-56(59-55)48-23-9-13-27-54(48)58(37-29-31-43-41-18-3-2-16-39(41)40-17-4-5-19-42(40)49(43)34-37)38-30-32-47-46-22-8-12-26-52(46)57(53(47)35-38)50-24-10-6-20-44(50)45-21-7-11-25-51(45)57/h1-35H. The van der Waals surface area contributed by atoms with Gasteiger partial charge in [-0.1, -0.05) is 170 Å². The summed E-state index contributed by atoms with van der Waals surface area (Å²) in [4.78, 5) is 3.78. The Labute approximate surface area is 346 Å². The summed E-state index contributed by atoms with van der Waals surface area (Å²) in [5, 5.41) is 8.91. The Hall–Kier alpha value is -7.26. The normalized spacial score (nSPS) is 13.2. The molecule has 0 aliphatic heterocycles. The Morgan fingerprint density at radius 3 is 1.41 bits per heavy atom. The summed E-state index contributed by atoms with van der Waals surface area (Å²) < 4.78 is 1.30. The SMILES string of the molecule is c1ccc(N(c2ccc3c(c2)C2(c4ccccc4-c4ccccc42)c2ccccc2-3)c2ccc3c4ccccc4c4ccccc4c3c2)c(-c2cc3ccccc3s2)c1. The lowest BCUT2D eigenvalue weighted by Crippen LogP contribution is -2.26. The van der Waals surface area contributed by atoms with E-state index in [4.69, 9.17) is 0 Å². The molecule has 0 radical (unpaired) electrons. The van der Waals surface area contributed by atoms with Gasteiger partial charge < -0.3 is 4.90 Å². The van der Waals surface area contributed by atoms with Gasteiger partial charge in [-0.25, -0.2) is 0 Å². The highest BCUT2D eigenvalue weighted by molar-refractivity contribution is 7.22. The summed E-state index contributed by atoms with van der Waals surface area (Å²) in [6, 6.07) is 79.4. The Bertz CT molecular complexity index is 3400. The molecule has 2 aliphatic rings. The van der Waals surface area contributed by atoms with Crippen molar-refractivity contribution in [2.24, 2.45) is 0 Å². The zero-order chi connectivity index (χ0) is 38.7. The summed E-state index contributed by atoms with van der Waals surface area (Å²) >= 11 is 1.86. The van der Waals surface area contributed by atoms with Crippen molar-refractivity contribution < 1.29 is 0 Å². The van der Waals surface area contributed by atoms with E-state index in [-0.39, 0.29) is 0 Å². The van der Waals surface area contributed by atoms with Gasteiger partial charge in [0, 0.05) is 26.5 Å². The van der Waals surface area contributed by atoms with E-state index in [9.17, 15) is 0 Å². The van der Waals surface area contributed by atoms with Crippen molar-refractivity contribution in [2.45, 2.75) is 5.41 Å². The summed E-state index contributed by atoms with van der Waals surface area (Å²) in [5.41, 5.74) is 14.8. The molecule has 11 aromatic rings. The Morgan fingerprint density at radius 1 is 0.322 bits per heavy atom. The molecule has 2 heteroatoms. The number of benzene rings is 10. The molecule has 0 N–H and O–H groups in total. The van der Waals surface area contributed by atoms with Crippen molar-refractivity contribution in [3.05, 3.63) is 235 Å². The molecule has 1 aromatic heterocycles. The molecule has 59 heavy (non-hydrogen) atoms. The summed E-state index contributed by atoms with van der Waals surface area (Å²) in [5.74, 6) is 0. The molecule has 1 spiro atoms. The Balaban J connectivity index is 1.12. The van der Waals surface area contributed by atoms with Gasteiger partial charge in [-0.2, -0.15) is 0 Å². The number of para-hydroxylation sites is 1. The lowest BCUT2D eigenvalue weighted by Gasteiger charge is -2.32. The third-order valence-corrected chi connectivity index (χ3v) is 14.2. The van der Waals surface area contributed by atoms with Crippen molar-refractivity contribution in [3.8, 4) is 32.7 Å². The topological polar surface area (TPSA) is 3.24 Å². The first-order valence-electron chi connectivity index (χ1n) is 20.4. The van der Waals surface area contributed by atoms with Crippen LogP contribution in [0.5, 0.6) is 0 Å². The van der Waals surface area contributed by atoms with Crippen LogP contribution in [0.1, 0.15) is 22.3 Å². The highest BCUT2D eigenvalue weighted by Gasteiger charge is 2.51. The minimum Gasteiger partial charge on any atom is -0.310 e. The van der Waals surface area contributed by atoms with E-state index < -0.39 is 5.41 Å². The van der Waals surface area contributed by atoms with Crippen LogP contribution in [0.15, 0.2) is 212 Å². The zero-order valence-electron chi connectivity index (χ0n) is 32.1. The monoisotopic (exact) mass is 765 g/mol. The van der Waals surface area contributed by atoms with Gasteiger partial charge in [0.25, 0.3) is 0 Å². The smallest absolute Gasteiger partial charge is 0.0726 e. The average Bonchev–Trinajstić information content (AvgIpc) is 3.96. The highest BCUT2D eigenvalue weighted by Crippen LogP contribution is 2.63. The minimum atomic E-state index is -0.440. The fraction of sp³-hybridized carbons (Fsp3) is 0.0175. The van der Waals surface area contributed by atoms with Crippen LogP contribution in [-0.4, -0.2) is 0 Å². The second-order valence-corrected chi connectivity index (χ2v) is 17.0. The van der Waals surface area contributed by atoms with Crippen LogP contribution in [-0.2, 0) is 5.41 Å². The first-order chi connectivity index (χ1) is 29.3. The lowest BCUT2D eigenvalue weighted by molar-refractivity contribution is 0.793. The molecule has 0 amide bonds. The largest absolute Gasteiger partial charge is 0.310 e. The molecule has 0 saturated carbocycles. The number of anilines is 3. The lowest BCUT2D eigenvalue weighted by atomic mass is 9.70. The number of nitrogens with zero attached hydrogens (tertiary/aromatic N) is 1. The highest BCUT2D eigenvalue weighted by atomic mass is 32.1. The quantitative estimate of drug-likeness (QED) is 0.161. The van der Waals surface area contributed by atoms with E-state index in [1.807, 2.05) is 11.3 Å². The second kappa shape index (κ2) is 12.4. The van der Waals surface area contributed by atoms with Crippen LogP contribution < -0.4 is 4.90 Å². The molecule has 2 aliphatic carbocycles. The molecule has 0 fully saturated rings. The van der Waals surface area contributed by atoms with Gasteiger partial charge in [0.2, 0.25) is 0 Å².